The van der Waals surface area contributed by atoms with Gasteiger partial charge in [-0.2, -0.15) is 0 Å². The van der Waals surface area contributed by atoms with Crippen LogP contribution in [0.5, 0.6) is 11.5 Å². The standard InChI is InChI=1S/C18H29N3O4/c1-6-19-18(23)13(4)21(5)12-17(22)20-14-9-10-15(24-7-2)16(11-14)25-8-3/h9-11,13H,6-8,12H2,1-5H3,(H,19,23)(H,20,22)/p+1/t13-/m1/s1. The van der Waals surface area contributed by atoms with Gasteiger partial charge in [0.15, 0.2) is 24.1 Å². The molecule has 0 saturated heterocycles. The molecule has 0 aromatic heterocycles. The monoisotopic (exact) mass is 352 g/mol. The van der Waals surface area contributed by atoms with E-state index in [4.69, 9.17) is 9.47 Å². The summed E-state index contributed by atoms with van der Waals surface area (Å²) in [5, 5.41) is 5.61. The molecule has 1 unspecified atom stereocenters. The molecular formula is C18H30N3O4+. The van der Waals surface area contributed by atoms with Crippen LogP contribution in [0.15, 0.2) is 18.2 Å². The van der Waals surface area contributed by atoms with Crippen molar-refractivity contribution in [2.45, 2.75) is 33.7 Å². The summed E-state index contributed by atoms with van der Waals surface area (Å²) in [5.41, 5.74) is 0.635. The molecule has 0 fully saturated rings. The molecule has 1 rings (SSSR count). The molecular weight excluding hydrogens is 322 g/mol. The Kier molecular flexibility index (Phi) is 8.77. The minimum absolute atomic E-state index is 0.0625. The Bertz CT molecular complexity index is 577. The summed E-state index contributed by atoms with van der Waals surface area (Å²) in [7, 11) is 1.82. The number of hydrogen-bond acceptors (Lipinski definition) is 4. The van der Waals surface area contributed by atoms with Gasteiger partial charge in [-0.05, 0) is 39.8 Å². The van der Waals surface area contributed by atoms with Gasteiger partial charge in [0.2, 0.25) is 0 Å². The summed E-state index contributed by atoms with van der Waals surface area (Å²) in [6, 6.07) is 4.99. The van der Waals surface area contributed by atoms with Crippen molar-refractivity contribution in [1.29, 1.82) is 0 Å². The second-order valence-electron chi connectivity index (χ2n) is 5.72. The molecule has 140 valence electrons. The number of carbonyl (C=O) groups is 2. The third-order valence-corrected chi connectivity index (χ3v) is 3.75. The van der Waals surface area contributed by atoms with Crippen molar-refractivity contribution < 1.29 is 24.0 Å². The number of likely N-dealkylation sites (N-methyl/N-ethyl adjacent to an activating group) is 2. The molecule has 3 N–H and O–H groups in total. The van der Waals surface area contributed by atoms with E-state index in [2.05, 4.69) is 10.6 Å². The summed E-state index contributed by atoms with van der Waals surface area (Å²) < 4.78 is 11.1. The summed E-state index contributed by atoms with van der Waals surface area (Å²) in [4.78, 5) is 24.9. The first kappa shape index (κ1) is 20.8. The molecule has 1 aromatic carbocycles. The first-order valence-electron chi connectivity index (χ1n) is 8.72. The van der Waals surface area contributed by atoms with Gasteiger partial charge in [0.05, 0.1) is 20.3 Å². The zero-order valence-electron chi connectivity index (χ0n) is 15.8. The van der Waals surface area contributed by atoms with Gasteiger partial charge < -0.3 is 25.0 Å². The van der Waals surface area contributed by atoms with Crippen molar-refractivity contribution in [1.82, 2.24) is 5.32 Å². The fourth-order valence-electron chi connectivity index (χ4n) is 2.29. The van der Waals surface area contributed by atoms with Crippen LogP contribution in [0.4, 0.5) is 5.69 Å². The molecule has 1 aromatic rings. The average Bonchev–Trinajstić information content (AvgIpc) is 2.57. The smallest absolute Gasteiger partial charge is 0.279 e. The van der Waals surface area contributed by atoms with Crippen LogP contribution < -0.4 is 25.0 Å². The van der Waals surface area contributed by atoms with Crippen molar-refractivity contribution in [3.8, 4) is 11.5 Å². The third-order valence-electron chi connectivity index (χ3n) is 3.75. The highest BCUT2D eigenvalue weighted by molar-refractivity contribution is 5.92. The van der Waals surface area contributed by atoms with Crippen LogP contribution in [-0.2, 0) is 9.59 Å². The first-order chi connectivity index (χ1) is 11.9. The van der Waals surface area contributed by atoms with Gasteiger partial charge in [-0.15, -0.1) is 0 Å². The number of nitrogens with one attached hydrogen (secondary N) is 3. The lowest BCUT2D eigenvalue weighted by atomic mass is 10.2. The van der Waals surface area contributed by atoms with Gasteiger partial charge >= 0.3 is 0 Å². The molecule has 7 nitrogen and oxygen atoms in total. The molecule has 7 heteroatoms. The van der Waals surface area contributed by atoms with E-state index in [1.807, 2.05) is 27.8 Å². The second-order valence-corrected chi connectivity index (χ2v) is 5.72. The van der Waals surface area contributed by atoms with Gasteiger partial charge in [-0.1, -0.05) is 0 Å². The Morgan fingerprint density at radius 2 is 1.76 bits per heavy atom. The number of amides is 2. The van der Waals surface area contributed by atoms with E-state index in [0.717, 1.165) is 4.90 Å². The maximum atomic E-state index is 12.3. The summed E-state index contributed by atoms with van der Waals surface area (Å²) in [6.07, 6.45) is 0. The van der Waals surface area contributed by atoms with Crippen LogP contribution >= 0.6 is 0 Å². The molecule has 0 aliphatic carbocycles. The zero-order valence-corrected chi connectivity index (χ0v) is 15.8. The van der Waals surface area contributed by atoms with Gasteiger partial charge in [0.25, 0.3) is 11.8 Å². The Hall–Kier alpha value is -2.28. The van der Waals surface area contributed by atoms with E-state index < -0.39 is 0 Å². The molecule has 2 amide bonds. The minimum atomic E-state index is -0.301. The van der Waals surface area contributed by atoms with Crippen molar-refractivity contribution >= 4 is 17.5 Å². The highest BCUT2D eigenvalue weighted by atomic mass is 16.5. The molecule has 0 spiro atoms. The van der Waals surface area contributed by atoms with E-state index in [0.29, 0.717) is 36.9 Å². The largest absolute Gasteiger partial charge is 0.490 e. The molecule has 0 radical (unpaired) electrons. The number of hydrogen-bond donors (Lipinski definition) is 3. The fourth-order valence-corrected chi connectivity index (χ4v) is 2.29. The normalized spacial score (nSPS) is 12.8. The second kappa shape index (κ2) is 10.6. The quantitative estimate of drug-likeness (QED) is 0.572. The maximum Gasteiger partial charge on any atom is 0.279 e. The van der Waals surface area contributed by atoms with Crippen LogP contribution in [0.1, 0.15) is 27.7 Å². The predicted octanol–water partition coefficient (Wildman–Crippen LogP) is 0.462. The molecule has 0 aliphatic heterocycles. The van der Waals surface area contributed by atoms with Crippen molar-refractivity contribution in [2.24, 2.45) is 0 Å². The molecule has 2 atom stereocenters. The molecule has 25 heavy (non-hydrogen) atoms. The molecule has 0 aliphatic rings. The fraction of sp³-hybridized carbons (Fsp3) is 0.556. The predicted molar refractivity (Wildman–Crippen MR) is 97.3 cm³/mol. The van der Waals surface area contributed by atoms with E-state index in [-0.39, 0.29) is 24.4 Å². The van der Waals surface area contributed by atoms with Gasteiger partial charge in [-0.3, -0.25) is 9.59 Å². The number of ether oxygens (including phenoxy) is 2. The lowest BCUT2D eigenvalue weighted by Gasteiger charge is -2.20. The van der Waals surface area contributed by atoms with Gasteiger partial charge in [-0.25, -0.2) is 0 Å². The summed E-state index contributed by atoms with van der Waals surface area (Å²) >= 11 is 0. The van der Waals surface area contributed by atoms with Crippen LogP contribution in [0.3, 0.4) is 0 Å². The Morgan fingerprint density at radius 3 is 2.36 bits per heavy atom. The van der Waals surface area contributed by atoms with Crippen LogP contribution in [-0.4, -0.2) is 51.2 Å². The van der Waals surface area contributed by atoms with Crippen molar-refractivity contribution in [3.05, 3.63) is 18.2 Å². The van der Waals surface area contributed by atoms with Crippen LogP contribution in [0.25, 0.3) is 0 Å². The maximum absolute atomic E-state index is 12.3. The summed E-state index contributed by atoms with van der Waals surface area (Å²) in [6.45, 7) is 9.28. The molecule has 0 bridgehead atoms. The lowest BCUT2D eigenvalue weighted by molar-refractivity contribution is -0.885. The first-order valence-corrected chi connectivity index (χ1v) is 8.72. The zero-order chi connectivity index (χ0) is 18.8. The molecule has 0 saturated carbocycles. The highest BCUT2D eigenvalue weighted by Crippen LogP contribution is 2.30. The van der Waals surface area contributed by atoms with Crippen molar-refractivity contribution in [2.75, 3.05) is 38.7 Å². The number of rotatable bonds is 10. The SMILES string of the molecule is CCNC(=O)[C@@H](C)[NH+](C)CC(=O)Nc1ccc(OCC)c(OCC)c1. The Labute approximate surface area is 149 Å². The minimum Gasteiger partial charge on any atom is -0.490 e. The van der Waals surface area contributed by atoms with Gasteiger partial charge in [0, 0.05) is 18.3 Å². The topological polar surface area (TPSA) is 81.1 Å². The van der Waals surface area contributed by atoms with Crippen LogP contribution in [0, 0.1) is 0 Å². The number of anilines is 1. The number of carbonyl (C=O) groups excluding carboxylic acids is 2. The van der Waals surface area contributed by atoms with Crippen LogP contribution in [0.2, 0.25) is 0 Å². The third kappa shape index (κ3) is 6.62. The lowest BCUT2D eigenvalue weighted by Crippen LogP contribution is -3.15. The van der Waals surface area contributed by atoms with E-state index >= 15 is 0 Å². The summed E-state index contributed by atoms with van der Waals surface area (Å²) in [5.74, 6) is 1.02. The Balaban J connectivity index is 2.70. The van der Waals surface area contributed by atoms with E-state index in [1.165, 1.54) is 0 Å². The van der Waals surface area contributed by atoms with Crippen molar-refractivity contribution in [3.63, 3.8) is 0 Å². The average molecular weight is 352 g/mol. The molecule has 0 heterocycles. The highest BCUT2D eigenvalue weighted by Gasteiger charge is 2.23. The van der Waals surface area contributed by atoms with Gasteiger partial charge in [0.1, 0.15) is 0 Å². The Morgan fingerprint density at radius 1 is 1.12 bits per heavy atom. The van der Waals surface area contributed by atoms with E-state index in [9.17, 15) is 9.59 Å². The number of benzene rings is 1. The number of quaternary nitrogens is 1. The van der Waals surface area contributed by atoms with E-state index in [1.54, 1.807) is 25.1 Å².